The van der Waals surface area contributed by atoms with E-state index in [1.54, 1.807) is 12.0 Å². The molecule has 3 aliphatic heterocycles. The Morgan fingerprint density at radius 1 is 1.27 bits per heavy atom. The van der Waals surface area contributed by atoms with Gasteiger partial charge in [0.2, 0.25) is 11.8 Å². The van der Waals surface area contributed by atoms with Gasteiger partial charge in [0.25, 0.3) is 0 Å². The summed E-state index contributed by atoms with van der Waals surface area (Å²) < 4.78 is 5.59. The van der Waals surface area contributed by atoms with Crippen LogP contribution in [0.25, 0.3) is 0 Å². The van der Waals surface area contributed by atoms with Crippen LogP contribution in [-0.2, 0) is 24.2 Å². The highest BCUT2D eigenvalue weighted by Crippen LogP contribution is 2.32. The lowest BCUT2D eigenvalue weighted by Gasteiger charge is -2.33. The third-order valence-corrected chi connectivity index (χ3v) is 8.49. The standard InChI is InChI=1S/C26H31N7O3S/c1-31-6-7-32(23(34)14-31)13-20-9-18-4-3-5-33(24(18)30-25(20)36-2)26(35)29-22-10-19(8-17-15-37-16-17)21(11-27)12-28-22/h9-10,12,17H,3-8,13-16H2,1-2H3,(H,28,29,35). The molecule has 2 aromatic rings. The number of methoxy groups -OCH3 is 1. The van der Waals surface area contributed by atoms with Crippen LogP contribution >= 0.6 is 11.8 Å². The number of hydrogen-bond donors (Lipinski definition) is 1. The van der Waals surface area contributed by atoms with Crippen LogP contribution in [0.4, 0.5) is 16.4 Å². The second-order valence-corrected chi connectivity index (χ2v) is 10.9. The molecule has 0 unspecified atom stereocenters. The molecule has 194 valence electrons. The minimum atomic E-state index is -0.320. The second kappa shape index (κ2) is 10.9. The summed E-state index contributed by atoms with van der Waals surface area (Å²) in [6.07, 6.45) is 3.93. The molecule has 2 aromatic heterocycles. The van der Waals surface area contributed by atoms with Crippen LogP contribution in [0.3, 0.4) is 0 Å². The van der Waals surface area contributed by atoms with E-state index in [1.165, 1.54) is 6.20 Å². The molecule has 2 saturated heterocycles. The average molecular weight is 522 g/mol. The van der Waals surface area contributed by atoms with E-state index in [-0.39, 0.29) is 11.9 Å². The summed E-state index contributed by atoms with van der Waals surface area (Å²) in [5, 5.41) is 12.4. The van der Waals surface area contributed by atoms with Crippen LogP contribution in [0.15, 0.2) is 18.3 Å². The topological polar surface area (TPSA) is 115 Å². The molecule has 0 spiro atoms. The largest absolute Gasteiger partial charge is 0.481 e. The molecular weight excluding hydrogens is 490 g/mol. The minimum Gasteiger partial charge on any atom is -0.481 e. The lowest BCUT2D eigenvalue weighted by Crippen LogP contribution is -2.48. The molecule has 0 bridgehead atoms. The Labute approximate surface area is 221 Å². The van der Waals surface area contributed by atoms with Gasteiger partial charge in [-0.3, -0.25) is 19.9 Å². The molecule has 5 heterocycles. The normalized spacial score (nSPS) is 18.1. The van der Waals surface area contributed by atoms with E-state index in [1.807, 2.05) is 40.7 Å². The van der Waals surface area contributed by atoms with E-state index in [0.29, 0.717) is 55.2 Å². The molecule has 11 heteroatoms. The third-order valence-electron chi connectivity index (χ3n) is 7.07. The number of nitriles is 1. The fraction of sp³-hybridized carbons (Fsp3) is 0.500. The fourth-order valence-corrected chi connectivity index (χ4v) is 5.74. The minimum absolute atomic E-state index is 0.0832. The molecule has 0 saturated carbocycles. The third kappa shape index (κ3) is 5.50. The molecule has 3 amide bonds. The monoisotopic (exact) mass is 521 g/mol. The first-order valence-corrected chi connectivity index (χ1v) is 13.7. The SMILES string of the molecule is COc1nc2c(cc1CN1CCN(C)CC1=O)CCCN2C(=O)Nc1cc(CC2CSC2)c(C#N)cn1. The molecule has 0 aromatic carbocycles. The number of carbonyl (C=O) groups is 2. The predicted octanol–water partition coefficient (Wildman–Crippen LogP) is 2.52. The van der Waals surface area contributed by atoms with Crippen LogP contribution in [0.5, 0.6) is 5.88 Å². The lowest BCUT2D eigenvalue weighted by molar-refractivity contribution is -0.136. The van der Waals surface area contributed by atoms with Gasteiger partial charge in [-0.1, -0.05) is 0 Å². The number of thioether (sulfide) groups is 1. The van der Waals surface area contributed by atoms with E-state index in [9.17, 15) is 14.9 Å². The Morgan fingerprint density at radius 2 is 2.11 bits per heavy atom. The number of anilines is 2. The fourth-order valence-electron chi connectivity index (χ4n) is 4.94. The molecule has 37 heavy (non-hydrogen) atoms. The van der Waals surface area contributed by atoms with Gasteiger partial charge in [-0.05, 0) is 67.0 Å². The van der Waals surface area contributed by atoms with Crippen LogP contribution in [0, 0.1) is 17.2 Å². The summed E-state index contributed by atoms with van der Waals surface area (Å²) in [5.41, 5.74) is 3.26. The van der Waals surface area contributed by atoms with Gasteiger partial charge in [0, 0.05) is 31.4 Å². The summed E-state index contributed by atoms with van der Waals surface area (Å²) in [7, 11) is 3.50. The molecule has 0 radical (unpaired) electrons. The number of nitrogens with zero attached hydrogens (tertiary/aromatic N) is 6. The van der Waals surface area contributed by atoms with Crippen molar-refractivity contribution in [2.45, 2.75) is 25.8 Å². The zero-order valence-electron chi connectivity index (χ0n) is 21.2. The smallest absolute Gasteiger partial charge is 0.328 e. The molecular formula is C26H31N7O3S. The van der Waals surface area contributed by atoms with Crippen molar-refractivity contribution in [2.75, 3.05) is 62.1 Å². The Balaban J connectivity index is 1.34. The number of pyridine rings is 2. The number of urea groups is 1. The maximum Gasteiger partial charge on any atom is 0.328 e. The number of fused-ring (bicyclic) bond motifs is 1. The highest BCUT2D eigenvalue weighted by molar-refractivity contribution is 8.00. The maximum absolute atomic E-state index is 13.3. The van der Waals surface area contributed by atoms with E-state index in [4.69, 9.17) is 9.72 Å². The van der Waals surface area contributed by atoms with Crippen molar-refractivity contribution in [3.8, 4) is 11.9 Å². The molecule has 2 fully saturated rings. The Morgan fingerprint density at radius 3 is 2.81 bits per heavy atom. The van der Waals surface area contributed by atoms with Crippen molar-refractivity contribution in [3.63, 3.8) is 0 Å². The zero-order valence-corrected chi connectivity index (χ0v) is 22.0. The highest BCUT2D eigenvalue weighted by Gasteiger charge is 2.29. The Hall–Kier alpha value is -3.36. The Bertz CT molecular complexity index is 1240. The van der Waals surface area contributed by atoms with E-state index >= 15 is 0 Å². The first-order chi connectivity index (χ1) is 17.9. The van der Waals surface area contributed by atoms with Crippen LogP contribution in [0.2, 0.25) is 0 Å². The van der Waals surface area contributed by atoms with Crippen LogP contribution in [-0.4, -0.2) is 83.5 Å². The van der Waals surface area contributed by atoms with Gasteiger partial charge in [0.05, 0.1) is 25.8 Å². The maximum atomic E-state index is 13.3. The molecule has 0 aliphatic carbocycles. The number of likely N-dealkylation sites (N-methyl/N-ethyl adjacent to an activating group) is 1. The zero-order chi connectivity index (χ0) is 25.9. The van der Waals surface area contributed by atoms with Gasteiger partial charge in [-0.25, -0.2) is 9.78 Å². The van der Waals surface area contributed by atoms with Crippen molar-refractivity contribution in [1.82, 2.24) is 19.8 Å². The van der Waals surface area contributed by atoms with E-state index < -0.39 is 0 Å². The van der Waals surface area contributed by atoms with Crippen molar-refractivity contribution >= 4 is 35.3 Å². The van der Waals surface area contributed by atoms with Crippen LogP contribution < -0.4 is 15.0 Å². The number of rotatable bonds is 6. The number of hydrogen-bond acceptors (Lipinski definition) is 8. The summed E-state index contributed by atoms with van der Waals surface area (Å²) in [5.74, 6) is 4.24. The van der Waals surface area contributed by atoms with Crippen molar-refractivity contribution in [2.24, 2.45) is 5.92 Å². The number of aryl methyl sites for hydroxylation is 1. The van der Waals surface area contributed by atoms with Gasteiger partial charge in [0.15, 0.2) is 0 Å². The van der Waals surface area contributed by atoms with E-state index in [0.717, 1.165) is 54.0 Å². The van der Waals surface area contributed by atoms with Gasteiger partial charge in [-0.15, -0.1) is 0 Å². The summed E-state index contributed by atoms with van der Waals surface area (Å²) >= 11 is 1.91. The second-order valence-electron chi connectivity index (χ2n) is 9.82. The Kier molecular flexibility index (Phi) is 7.48. The average Bonchev–Trinajstić information content (AvgIpc) is 2.87. The van der Waals surface area contributed by atoms with Crippen molar-refractivity contribution < 1.29 is 14.3 Å². The van der Waals surface area contributed by atoms with Gasteiger partial charge in [-0.2, -0.15) is 22.0 Å². The molecule has 0 atom stereocenters. The first-order valence-electron chi connectivity index (χ1n) is 12.5. The summed E-state index contributed by atoms with van der Waals surface area (Å²) in [4.78, 5) is 40.3. The number of aromatic nitrogens is 2. The molecule has 10 nitrogen and oxygen atoms in total. The molecule has 1 N–H and O–H groups in total. The van der Waals surface area contributed by atoms with Gasteiger partial charge >= 0.3 is 6.03 Å². The van der Waals surface area contributed by atoms with Crippen molar-refractivity contribution in [1.29, 1.82) is 5.26 Å². The number of carbonyl (C=O) groups excluding carboxylic acids is 2. The molecule has 3 aliphatic rings. The predicted molar refractivity (Wildman–Crippen MR) is 142 cm³/mol. The number of ether oxygens (including phenoxy) is 1. The number of nitrogens with one attached hydrogen (secondary N) is 1. The summed E-state index contributed by atoms with van der Waals surface area (Å²) in [6, 6.07) is 5.72. The first kappa shape index (κ1) is 25.3. The summed E-state index contributed by atoms with van der Waals surface area (Å²) in [6.45, 7) is 2.83. The quantitative estimate of drug-likeness (QED) is 0.617. The van der Waals surface area contributed by atoms with Gasteiger partial charge < -0.3 is 9.64 Å². The van der Waals surface area contributed by atoms with Gasteiger partial charge in [0.1, 0.15) is 17.7 Å². The van der Waals surface area contributed by atoms with Crippen molar-refractivity contribution in [3.05, 3.63) is 40.6 Å². The molecule has 5 rings (SSSR count). The number of piperazine rings is 1. The van der Waals surface area contributed by atoms with Crippen LogP contribution in [0.1, 0.15) is 28.7 Å². The highest BCUT2D eigenvalue weighted by atomic mass is 32.2. The number of amides is 3. The van der Waals surface area contributed by atoms with E-state index in [2.05, 4.69) is 16.4 Å². The lowest BCUT2D eigenvalue weighted by atomic mass is 9.99.